The van der Waals surface area contributed by atoms with E-state index in [1.807, 2.05) is 43.5 Å². The van der Waals surface area contributed by atoms with Crippen molar-refractivity contribution in [1.82, 2.24) is 30.5 Å². The van der Waals surface area contributed by atoms with E-state index >= 15 is 0 Å². The second-order valence-electron chi connectivity index (χ2n) is 5.17. The Morgan fingerprint density at radius 1 is 1.08 bits per heavy atom. The van der Waals surface area contributed by atoms with E-state index in [0.29, 0.717) is 5.82 Å². The number of aromatic nitrogens is 5. The Bertz CT molecular complexity index is 814. The van der Waals surface area contributed by atoms with Crippen molar-refractivity contribution in [2.75, 3.05) is 12.4 Å². The number of hydrogen-bond donors (Lipinski definition) is 2. The first-order valence-corrected chi connectivity index (χ1v) is 7.47. The number of carbonyl (C=O) groups is 1. The number of hydrogen-bond acceptors (Lipinski definition) is 6. The van der Waals surface area contributed by atoms with Gasteiger partial charge in [0, 0.05) is 7.05 Å². The highest BCUT2D eigenvalue weighted by Crippen LogP contribution is 2.16. The summed E-state index contributed by atoms with van der Waals surface area (Å²) in [6, 6.07) is 13.0. The van der Waals surface area contributed by atoms with Gasteiger partial charge < -0.3 is 10.6 Å². The number of rotatable bonds is 5. The van der Waals surface area contributed by atoms with Crippen LogP contribution in [0.25, 0.3) is 5.69 Å². The van der Waals surface area contributed by atoms with E-state index in [1.54, 1.807) is 23.9 Å². The molecule has 0 aliphatic heterocycles. The third-order valence-electron chi connectivity index (χ3n) is 3.46. The summed E-state index contributed by atoms with van der Waals surface area (Å²) in [7, 11) is 1.55. The first-order valence-electron chi connectivity index (χ1n) is 7.47. The number of carbonyl (C=O) groups excluding carboxylic acids is 1. The molecule has 24 heavy (non-hydrogen) atoms. The molecule has 1 unspecified atom stereocenters. The molecule has 2 heterocycles. The first-order chi connectivity index (χ1) is 11.7. The molecule has 0 fully saturated rings. The predicted molar refractivity (Wildman–Crippen MR) is 88.8 cm³/mol. The SMILES string of the molecule is CNC(=O)c1ccc(NC(C)c2cn(-c3ccccc3)nn2)nn1. The van der Waals surface area contributed by atoms with Crippen molar-refractivity contribution in [1.29, 1.82) is 0 Å². The van der Waals surface area contributed by atoms with Gasteiger partial charge in [0.15, 0.2) is 5.69 Å². The Labute approximate surface area is 138 Å². The molecule has 0 bridgehead atoms. The number of nitrogens with one attached hydrogen (secondary N) is 2. The molecule has 2 N–H and O–H groups in total. The fourth-order valence-corrected chi connectivity index (χ4v) is 2.14. The number of benzene rings is 1. The second kappa shape index (κ2) is 6.86. The van der Waals surface area contributed by atoms with Gasteiger partial charge in [-0.2, -0.15) is 0 Å². The summed E-state index contributed by atoms with van der Waals surface area (Å²) < 4.78 is 1.72. The van der Waals surface area contributed by atoms with Gasteiger partial charge in [-0.05, 0) is 31.2 Å². The molecule has 3 aromatic rings. The Balaban J connectivity index is 1.70. The van der Waals surface area contributed by atoms with Gasteiger partial charge in [0.2, 0.25) is 0 Å². The Morgan fingerprint density at radius 3 is 2.54 bits per heavy atom. The molecule has 0 saturated carbocycles. The molecule has 1 aromatic carbocycles. The third kappa shape index (κ3) is 3.37. The zero-order valence-corrected chi connectivity index (χ0v) is 13.3. The number of para-hydroxylation sites is 1. The summed E-state index contributed by atoms with van der Waals surface area (Å²) in [4.78, 5) is 11.5. The van der Waals surface area contributed by atoms with Crippen molar-refractivity contribution in [2.24, 2.45) is 0 Å². The number of nitrogens with zero attached hydrogens (tertiary/aromatic N) is 5. The standard InChI is InChI=1S/C16H17N7O/c1-11(18-15-9-8-13(19-21-15)16(24)17-2)14-10-23(22-20-14)12-6-4-3-5-7-12/h3-11H,1-2H3,(H,17,24)(H,18,21). The van der Waals surface area contributed by atoms with Gasteiger partial charge in [-0.3, -0.25) is 4.79 Å². The van der Waals surface area contributed by atoms with E-state index in [2.05, 4.69) is 31.1 Å². The Hall–Kier alpha value is -3.29. The minimum absolute atomic E-state index is 0.109. The van der Waals surface area contributed by atoms with Gasteiger partial charge in [0.1, 0.15) is 11.5 Å². The van der Waals surface area contributed by atoms with Crippen molar-refractivity contribution in [3.63, 3.8) is 0 Å². The topological polar surface area (TPSA) is 97.6 Å². The fourth-order valence-electron chi connectivity index (χ4n) is 2.14. The van der Waals surface area contributed by atoms with Crippen LogP contribution in [0.5, 0.6) is 0 Å². The lowest BCUT2D eigenvalue weighted by Gasteiger charge is -2.11. The first kappa shape index (κ1) is 15.6. The molecule has 8 nitrogen and oxygen atoms in total. The average Bonchev–Trinajstić information content (AvgIpc) is 3.13. The molecular formula is C16H17N7O. The summed E-state index contributed by atoms with van der Waals surface area (Å²) in [5.41, 5.74) is 1.99. The van der Waals surface area contributed by atoms with E-state index in [-0.39, 0.29) is 17.6 Å². The Kier molecular flexibility index (Phi) is 4.46. The van der Waals surface area contributed by atoms with Gasteiger partial charge in [0.25, 0.3) is 5.91 Å². The second-order valence-corrected chi connectivity index (χ2v) is 5.17. The van der Waals surface area contributed by atoms with E-state index in [0.717, 1.165) is 11.4 Å². The van der Waals surface area contributed by atoms with Crippen molar-refractivity contribution >= 4 is 11.7 Å². The van der Waals surface area contributed by atoms with Crippen LogP contribution in [-0.2, 0) is 0 Å². The minimum Gasteiger partial charge on any atom is -0.360 e. The largest absolute Gasteiger partial charge is 0.360 e. The zero-order chi connectivity index (χ0) is 16.9. The monoisotopic (exact) mass is 323 g/mol. The van der Waals surface area contributed by atoms with Crippen LogP contribution in [0.15, 0.2) is 48.7 Å². The molecule has 8 heteroatoms. The minimum atomic E-state index is -0.270. The van der Waals surface area contributed by atoms with E-state index in [1.165, 1.54) is 0 Å². The van der Waals surface area contributed by atoms with Crippen molar-refractivity contribution < 1.29 is 4.79 Å². The van der Waals surface area contributed by atoms with Gasteiger partial charge in [0.05, 0.1) is 17.9 Å². The average molecular weight is 323 g/mol. The highest BCUT2D eigenvalue weighted by atomic mass is 16.1. The molecule has 1 amide bonds. The van der Waals surface area contributed by atoms with E-state index in [9.17, 15) is 4.79 Å². The summed E-state index contributed by atoms with van der Waals surface area (Å²) in [6.07, 6.45) is 1.86. The van der Waals surface area contributed by atoms with Crippen molar-refractivity contribution in [3.05, 3.63) is 60.0 Å². The third-order valence-corrected chi connectivity index (χ3v) is 3.46. The molecular weight excluding hydrogens is 306 g/mol. The van der Waals surface area contributed by atoms with Crippen molar-refractivity contribution in [2.45, 2.75) is 13.0 Å². The van der Waals surface area contributed by atoms with Gasteiger partial charge in [-0.15, -0.1) is 15.3 Å². The fraction of sp³-hybridized carbons (Fsp3) is 0.188. The smallest absolute Gasteiger partial charge is 0.271 e. The Morgan fingerprint density at radius 2 is 1.88 bits per heavy atom. The summed E-state index contributed by atoms with van der Waals surface area (Å²) in [5.74, 6) is 0.289. The molecule has 0 spiro atoms. The quantitative estimate of drug-likeness (QED) is 0.740. The highest BCUT2D eigenvalue weighted by Gasteiger charge is 2.12. The highest BCUT2D eigenvalue weighted by molar-refractivity contribution is 5.91. The number of amides is 1. The van der Waals surface area contributed by atoms with Crippen LogP contribution in [-0.4, -0.2) is 38.1 Å². The van der Waals surface area contributed by atoms with E-state index < -0.39 is 0 Å². The molecule has 2 aromatic heterocycles. The van der Waals surface area contributed by atoms with Gasteiger partial charge in [-0.25, -0.2) is 4.68 Å². The predicted octanol–water partition coefficient (Wildman–Crippen LogP) is 1.59. The van der Waals surface area contributed by atoms with Crippen LogP contribution in [0.4, 0.5) is 5.82 Å². The zero-order valence-electron chi connectivity index (χ0n) is 13.3. The van der Waals surface area contributed by atoms with Crippen LogP contribution in [0, 0.1) is 0 Å². The summed E-state index contributed by atoms with van der Waals surface area (Å²) >= 11 is 0. The van der Waals surface area contributed by atoms with Crippen LogP contribution in [0.1, 0.15) is 29.1 Å². The molecule has 0 aliphatic rings. The molecule has 3 rings (SSSR count). The molecule has 0 radical (unpaired) electrons. The summed E-state index contributed by atoms with van der Waals surface area (Å²) in [5, 5.41) is 21.9. The van der Waals surface area contributed by atoms with Crippen LogP contribution >= 0.6 is 0 Å². The van der Waals surface area contributed by atoms with Crippen LogP contribution < -0.4 is 10.6 Å². The van der Waals surface area contributed by atoms with Crippen molar-refractivity contribution in [3.8, 4) is 5.69 Å². The van der Waals surface area contributed by atoms with Crippen LogP contribution in [0.3, 0.4) is 0 Å². The van der Waals surface area contributed by atoms with Gasteiger partial charge in [-0.1, -0.05) is 23.4 Å². The molecule has 122 valence electrons. The van der Waals surface area contributed by atoms with Crippen LogP contribution in [0.2, 0.25) is 0 Å². The molecule has 0 aliphatic carbocycles. The molecule has 1 atom stereocenters. The number of anilines is 1. The maximum absolute atomic E-state index is 11.5. The lowest BCUT2D eigenvalue weighted by molar-refractivity contribution is 0.0957. The maximum atomic E-state index is 11.5. The maximum Gasteiger partial charge on any atom is 0.271 e. The lowest BCUT2D eigenvalue weighted by atomic mass is 10.2. The lowest BCUT2D eigenvalue weighted by Crippen LogP contribution is -2.20. The normalized spacial score (nSPS) is 11.8. The van der Waals surface area contributed by atoms with E-state index in [4.69, 9.17) is 0 Å². The molecule has 0 saturated heterocycles. The van der Waals surface area contributed by atoms with Gasteiger partial charge >= 0.3 is 0 Å². The summed E-state index contributed by atoms with van der Waals surface area (Å²) in [6.45, 7) is 1.95.